The molecule has 0 radical (unpaired) electrons. The van der Waals surface area contributed by atoms with Crippen molar-refractivity contribution in [3.8, 4) is 5.75 Å². The van der Waals surface area contributed by atoms with Crippen molar-refractivity contribution in [2.24, 2.45) is 0 Å². The Morgan fingerprint density at radius 3 is 2.59 bits per heavy atom. The number of fused-ring (bicyclic) bond motifs is 2. The summed E-state index contributed by atoms with van der Waals surface area (Å²) in [7, 11) is 1.65. The molecule has 154 valence electrons. The van der Waals surface area contributed by atoms with Gasteiger partial charge < -0.3 is 14.9 Å². The Morgan fingerprint density at radius 2 is 1.93 bits per heavy atom. The lowest BCUT2D eigenvalue weighted by atomic mass is 9.69. The summed E-state index contributed by atoms with van der Waals surface area (Å²) in [5, 5.41) is 19.6. The number of ether oxygens (including phenoxy) is 1. The SMILES string of the molecule is CCc1ccc(Cc2cc3c(cc2OC)CC32CC(O)C(=O)C(CO)OO2)cc1. The lowest BCUT2D eigenvalue weighted by Gasteiger charge is -2.42. The van der Waals surface area contributed by atoms with Crippen molar-refractivity contribution >= 4 is 5.78 Å². The third-order valence-electron chi connectivity index (χ3n) is 5.96. The standard InChI is InChI=1S/C23H26O6/c1-3-14-4-6-15(7-5-14)8-16-9-18-17(10-20(16)27-2)11-23(18)12-19(25)22(26)21(13-24)28-29-23/h4-7,9-10,19,21,24-25H,3,8,11-13H2,1-2H3. The average Bonchev–Trinajstić information content (AvgIpc) is 2.86. The molecule has 2 aromatic rings. The molecule has 1 heterocycles. The van der Waals surface area contributed by atoms with Gasteiger partial charge in [0.2, 0.25) is 0 Å². The smallest absolute Gasteiger partial charge is 0.195 e. The van der Waals surface area contributed by atoms with Crippen LogP contribution in [0.3, 0.4) is 0 Å². The zero-order valence-electron chi connectivity index (χ0n) is 16.7. The molecule has 0 saturated carbocycles. The first-order chi connectivity index (χ1) is 14.0. The van der Waals surface area contributed by atoms with Gasteiger partial charge in [0.25, 0.3) is 0 Å². The van der Waals surface area contributed by atoms with Crippen molar-refractivity contribution in [1.29, 1.82) is 0 Å². The van der Waals surface area contributed by atoms with Crippen LogP contribution in [0.25, 0.3) is 0 Å². The van der Waals surface area contributed by atoms with Crippen LogP contribution in [0.4, 0.5) is 0 Å². The van der Waals surface area contributed by atoms with Crippen LogP contribution in [0.5, 0.6) is 5.75 Å². The number of hydrogen-bond donors (Lipinski definition) is 2. The van der Waals surface area contributed by atoms with E-state index in [1.165, 1.54) is 11.1 Å². The topological polar surface area (TPSA) is 85.2 Å². The predicted octanol–water partition coefficient (Wildman–Crippen LogP) is 2.24. The van der Waals surface area contributed by atoms with Crippen molar-refractivity contribution in [3.05, 3.63) is 64.2 Å². The van der Waals surface area contributed by atoms with Gasteiger partial charge in [-0.25, -0.2) is 9.78 Å². The number of Topliss-reactive ketones (excluding diaryl/α,β-unsaturated/α-hetero) is 1. The number of carbonyl (C=O) groups is 1. The van der Waals surface area contributed by atoms with Crippen LogP contribution in [0.2, 0.25) is 0 Å². The number of aryl methyl sites for hydroxylation is 1. The summed E-state index contributed by atoms with van der Waals surface area (Å²) < 4.78 is 5.60. The highest BCUT2D eigenvalue weighted by molar-refractivity contribution is 5.87. The molecule has 3 unspecified atom stereocenters. The van der Waals surface area contributed by atoms with Gasteiger partial charge in [-0.15, -0.1) is 0 Å². The number of ketones is 1. The van der Waals surface area contributed by atoms with Crippen LogP contribution in [-0.4, -0.2) is 41.9 Å². The molecule has 2 N–H and O–H groups in total. The molecule has 0 aromatic heterocycles. The molecule has 1 aliphatic heterocycles. The van der Waals surface area contributed by atoms with Gasteiger partial charge in [-0.05, 0) is 46.4 Å². The van der Waals surface area contributed by atoms with E-state index >= 15 is 0 Å². The normalized spacial score (nSPS) is 26.0. The highest BCUT2D eigenvalue weighted by atomic mass is 17.2. The van der Waals surface area contributed by atoms with E-state index in [0.29, 0.717) is 12.8 Å². The quantitative estimate of drug-likeness (QED) is 0.752. The van der Waals surface area contributed by atoms with Gasteiger partial charge in [0.05, 0.1) is 13.7 Å². The first-order valence-electron chi connectivity index (χ1n) is 9.95. The minimum absolute atomic E-state index is 0.103. The minimum atomic E-state index is -1.24. The zero-order valence-corrected chi connectivity index (χ0v) is 16.7. The van der Waals surface area contributed by atoms with E-state index < -0.39 is 30.2 Å². The molecule has 3 atom stereocenters. The maximum Gasteiger partial charge on any atom is 0.195 e. The Bertz CT molecular complexity index is 906. The Kier molecular flexibility index (Phi) is 5.44. The molecule has 2 aliphatic rings. The molecule has 6 nitrogen and oxygen atoms in total. The second kappa shape index (κ2) is 7.88. The maximum absolute atomic E-state index is 12.1. The average molecular weight is 398 g/mol. The van der Waals surface area contributed by atoms with Gasteiger partial charge in [0, 0.05) is 19.3 Å². The minimum Gasteiger partial charge on any atom is -0.496 e. The summed E-state index contributed by atoms with van der Waals surface area (Å²) in [6.45, 7) is 1.60. The molecule has 0 amide bonds. The van der Waals surface area contributed by atoms with Crippen molar-refractivity contribution in [1.82, 2.24) is 0 Å². The molecule has 1 fully saturated rings. The maximum atomic E-state index is 12.1. The number of rotatable bonds is 5. The van der Waals surface area contributed by atoms with Gasteiger partial charge in [0.1, 0.15) is 17.5 Å². The summed E-state index contributed by atoms with van der Waals surface area (Å²) in [6, 6.07) is 12.5. The summed E-state index contributed by atoms with van der Waals surface area (Å²) in [5.74, 6) is 0.250. The second-order valence-electron chi connectivity index (χ2n) is 7.81. The molecule has 29 heavy (non-hydrogen) atoms. The summed E-state index contributed by atoms with van der Waals surface area (Å²) >= 11 is 0. The van der Waals surface area contributed by atoms with Crippen molar-refractivity contribution in [3.63, 3.8) is 0 Å². The van der Waals surface area contributed by atoms with E-state index in [1.807, 2.05) is 12.1 Å². The van der Waals surface area contributed by atoms with Crippen molar-refractivity contribution in [2.45, 2.75) is 50.4 Å². The number of methoxy groups -OCH3 is 1. The van der Waals surface area contributed by atoms with E-state index in [4.69, 9.17) is 14.5 Å². The van der Waals surface area contributed by atoms with Crippen LogP contribution < -0.4 is 4.74 Å². The highest BCUT2D eigenvalue weighted by Crippen LogP contribution is 2.49. The molecule has 1 spiro atoms. The molecular weight excluding hydrogens is 372 g/mol. The third kappa shape index (κ3) is 3.57. The Labute approximate surface area is 170 Å². The van der Waals surface area contributed by atoms with Crippen LogP contribution >= 0.6 is 0 Å². The third-order valence-corrected chi connectivity index (χ3v) is 5.96. The van der Waals surface area contributed by atoms with E-state index in [0.717, 1.165) is 28.9 Å². The molecular formula is C23H26O6. The van der Waals surface area contributed by atoms with E-state index in [2.05, 4.69) is 31.2 Å². The summed E-state index contributed by atoms with van der Waals surface area (Å²) in [6.07, 6.45) is -0.104. The van der Waals surface area contributed by atoms with Crippen LogP contribution in [0.15, 0.2) is 36.4 Å². The fourth-order valence-electron chi connectivity index (χ4n) is 4.21. The Balaban J connectivity index is 1.64. The Hall–Kier alpha value is -2.25. The van der Waals surface area contributed by atoms with E-state index in [9.17, 15) is 15.0 Å². The second-order valence-corrected chi connectivity index (χ2v) is 7.81. The number of carbonyl (C=O) groups excluding carboxylic acids is 1. The zero-order chi connectivity index (χ0) is 20.6. The number of hydrogen-bond acceptors (Lipinski definition) is 6. The fourth-order valence-corrected chi connectivity index (χ4v) is 4.21. The number of benzene rings is 2. The molecule has 1 saturated heterocycles. The van der Waals surface area contributed by atoms with Crippen molar-refractivity contribution in [2.75, 3.05) is 13.7 Å². The molecule has 4 rings (SSSR count). The molecule has 0 bridgehead atoms. The monoisotopic (exact) mass is 398 g/mol. The number of aliphatic hydroxyl groups excluding tert-OH is 2. The van der Waals surface area contributed by atoms with E-state index in [1.54, 1.807) is 7.11 Å². The van der Waals surface area contributed by atoms with Gasteiger partial charge in [-0.2, -0.15) is 0 Å². The van der Waals surface area contributed by atoms with E-state index in [-0.39, 0.29) is 6.42 Å². The lowest BCUT2D eigenvalue weighted by Crippen LogP contribution is -2.43. The predicted molar refractivity (Wildman–Crippen MR) is 106 cm³/mol. The fraction of sp³-hybridized carbons (Fsp3) is 0.435. The lowest BCUT2D eigenvalue weighted by molar-refractivity contribution is -0.386. The van der Waals surface area contributed by atoms with Gasteiger partial charge in [0.15, 0.2) is 11.9 Å². The summed E-state index contributed by atoms with van der Waals surface area (Å²) in [4.78, 5) is 23.0. The van der Waals surface area contributed by atoms with Crippen molar-refractivity contribution < 1.29 is 29.5 Å². The molecule has 1 aliphatic carbocycles. The van der Waals surface area contributed by atoms with Crippen LogP contribution in [0, 0.1) is 0 Å². The largest absolute Gasteiger partial charge is 0.496 e. The first kappa shape index (κ1) is 20.0. The van der Waals surface area contributed by atoms with Gasteiger partial charge in [-0.3, -0.25) is 4.79 Å². The first-order valence-corrected chi connectivity index (χ1v) is 9.95. The summed E-state index contributed by atoms with van der Waals surface area (Å²) in [5.41, 5.74) is 4.50. The Morgan fingerprint density at radius 1 is 1.21 bits per heavy atom. The molecule has 6 heteroatoms. The number of aliphatic hydroxyl groups is 2. The van der Waals surface area contributed by atoms with Crippen LogP contribution in [0.1, 0.15) is 41.2 Å². The van der Waals surface area contributed by atoms with Crippen LogP contribution in [-0.2, 0) is 39.4 Å². The van der Waals surface area contributed by atoms with Gasteiger partial charge in [-0.1, -0.05) is 31.2 Å². The molecule has 2 aromatic carbocycles. The van der Waals surface area contributed by atoms with Gasteiger partial charge >= 0.3 is 0 Å². The highest BCUT2D eigenvalue weighted by Gasteiger charge is 2.51.